The van der Waals surface area contributed by atoms with Gasteiger partial charge in [0.1, 0.15) is 0 Å². The Balaban J connectivity index is 2.68. The maximum atomic E-state index is 10.8. The van der Waals surface area contributed by atoms with Crippen molar-refractivity contribution in [3.8, 4) is 0 Å². The minimum absolute atomic E-state index is 0.0413. The van der Waals surface area contributed by atoms with Crippen LogP contribution >= 0.6 is 0 Å². The molecule has 1 unspecified atom stereocenters. The first-order valence-corrected chi connectivity index (χ1v) is 7.76. The Hall–Kier alpha value is -1.45. The summed E-state index contributed by atoms with van der Waals surface area (Å²) in [6, 6.07) is 0. The summed E-state index contributed by atoms with van der Waals surface area (Å²) in [5, 5.41) is 12.8. The van der Waals surface area contributed by atoms with Crippen molar-refractivity contribution < 1.29 is 27.2 Å². The highest BCUT2D eigenvalue weighted by atomic mass is 32.2. The highest BCUT2D eigenvalue weighted by Crippen LogP contribution is 2.21. The van der Waals surface area contributed by atoms with Crippen LogP contribution in [-0.4, -0.2) is 48.7 Å². The molecule has 20 heavy (non-hydrogen) atoms. The van der Waals surface area contributed by atoms with Crippen molar-refractivity contribution in [2.24, 2.45) is 0 Å². The van der Waals surface area contributed by atoms with Gasteiger partial charge in [0.15, 0.2) is 5.72 Å². The van der Waals surface area contributed by atoms with E-state index >= 15 is 0 Å². The summed E-state index contributed by atoms with van der Waals surface area (Å²) in [7, 11) is -3.50. The molecule has 0 amide bonds. The summed E-state index contributed by atoms with van der Waals surface area (Å²) in [6.45, 7) is 3.51. The second-order valence-corrected chi connectivity index (χ2v) is 6.03. The lowest BCUT2D eigenvalue weighted by atomic mass is 10.2. The molecule has 0 aliphatic carbocycles. The highest BCUT2D eigenvalue weighted by molar-refractivity contribution is 7.85. The Morgan fingerprint density at radius 1 is 1.50 bits per heavy atom. The predicted molar refractivity (Wildman–Crippen MR) is 69.9 cm³/mol. The van der Waals surface area contributed by atoms with Crippen molar-refractivity contribution >= 4 is 16.1 Å². The zero-order valence-electron chi connectivity index (χ0n) is 11.6. The smallest absolute Gasteiger partial charge is 0.338 e. The number of carbonyl (C=O) groups is 1. The Bertz CT molecular complexity index is 567. The lowest BCUT2D eigenvalue weighted by Crippen LogP contribution is -2.34. The van der Waals surface area contributed by atoms with Crippen LogP contribution in [0.5, 0.6) is 0 Å². The van der Waals surface area contributed by atoms with Gasteiger partial charge in [0.25, 0.3) is 10.1 Å². The van der Waals surface area contributed by atoms with E-state index in [1.54, 1.807) is 6.92 Å². The topological polar surface area (TPSA) is 108 Å². The maximum absolute atomic E-state index is 10.8. The quantitative estimate of drug-likeness (QED) is 0.555. The molecule has 1 atom stereocenters. The van der Waals surface area contributed by atoms with Crippen LogP contribution in [0.25, 0.3) is 0 Å². The fourth-order valence-corrected chi connectivity index (χ4v) is 1.84. The van der Waals surface area contributed by atoms with Crippen molar-refractivity contribution in [2.45, 2.75) is 26.0 Å². The number of aromatic nitrogens is 2. The van der Waals surface area contributed by atoms with Gasteiger partial charge in [-0.05, 0) is 13.3 Å². The van der Waals surface area contributed by atoms with Crippen molar-refractivity contribution in [3.63, 3.8) is 0 Å². The molecule has 0 saturated carbocycles. The lowest BCUT2D eigenvalue weighted by molar-refractivity contribution is -0.110. The van der Waals surface area contributed by atoms with Gasteiger partial charge in [-0.3, -0.25) is 4.18 Å². The molecular weight excluding hydrogens is 288 g/mol. The van der Waals surface area contributed by atoms with Crippen LogP contribution in [0.3, 0.4) is 0 Å². The number of hydrogen-bond acceptors (Lipinski definition) is 6. The fraction of sp³-hybridized carbons (Fsp3) is 0.636. The highest BCUT2D eigenvalue weighted by Gasteiger charge is 2.27. The van der Waals surface area contributed by atoms with Gasteiger partial charge in [0, 0.05) is 6.20 Å². The number of nitrogens with zero attached hydrogens (tertiary/aromatic N) is 2. The van der Waals surface area contributed by atoms with E-state index in [4.69, 9.17) is 9.84 Å². The lowest BCUT2D eigenvalue weighted by Gasteiger charge is -2.29. The zero-order valence-corrected chi connectivity index (χ0v) is 12.4. The summed E-state index contributed by atoms with van der Waals surface area (Å²) < 4.78 is 33.2. The van der Waals surface area contributed by atoms with Crippen LogP contribution in [0, 0.1) is 0 Å². The number of ether oxygens (including phenoxy) is 1. The van der Waals surface area contributed by atoms with E-state index < -0.39 is 21.8 Å². The third kappa shape index (κ3) is 4.58. The van der Waals surface area contributed by atoms with Crippen molar-refractivity contribution in [1.29, 1.82) is 0 Å². The summed E-state index contributed by atoms with van der Waals surface area (Å²) >= 11 is 0. The van der Waals surface area contributed by atoms with E-state index in [1.807, 2.05) is 6.92 Å². The van der Waals surface area contributed by atoms with Gasteiger partial charge < -0.3 is 9.84 Å². The normalized spacial score (nSPS) is 14.9. The molecule has 1 rings (SSSR count). The average molecular weight is 306 g/mol. The van der Waals surface area contributed by atoms with Gasteiger partial charge in [-0.2, -0.15) is 13.5 Å². The van der Waals surface area contributed by atoms with E-state index in [1.165, 1.54) is 17.1 Å². The third-order valence-electron chi connectivity index (χ3n) is 2.76. The molecule has 0 aliphatic rings. The molecule has 8 nitrogen and oxygen atoms in total. The van der Waals surface area contributed by atoms with Crippen LogP contribution in [0.1, 0.15) is 30.6 Å². The molecule has 1 N–H and O–H groups in total. The molecule has 114 valence electrons. The van der Waals surface area contributed by atoms with Gasteiger partial charge in [-0.25, -0.2) is 9.48 Å². The molecule has 1 aromatic heterocycles. The fourth-order valence-electron chi connectivity index (χ4n) is 1.47. The summed E-state index contributed by atoms with van der Waals surface area (Å²) in [5.74, 6) is -1.07. The molecule has 1 heterocycles. The first kappa shape index (κ1) is 16.6. The van der Waals surface area contributed by atoms with Crippen molar-refractivity contribution in [3.05, 3.63) is 18.0 Å². The first-order valence-electron chi connectivity index (χ1n) is 5.95. The second-order valence-electron chi connectivity index (χ2n) is 4.38. The van der Waals surface area contributed by atoms with E-state index in [9.17, 15) is 13.2 Å². The molecule has 0 radical (unpaired) electrons. The van der Waals surface area contributed by atoms with Crippen LogP contribution < -0.4 is 0 Å². The number of hydrogen-bond donors (Lipinski definition) is 1. The zero-order chi connectivity index (χ0) is 15.4. The SMILES string of the molecule is CCC(C)(OCCOS(C)(=O)=O)n1cc(C(=O)O)cn1. The molecule has 0 aliphatic heterocycles. The maximum Gasteiger partial charge on any atom is 0.338 e. The molecule has 1 aromatic rings. The second kappa shape index (κ2) is 6.33. The van der Waals surface area contributed by atoms with E-state index in [-0.39, 0.29) is 18.8 Å². The summed E-state index contributed by atoms with van der Waals surface area (Å²) in [4.78, 5) is 10.8. The molecule has 0 aromatic carbocycles. The van der Waals surface area contributed by atoms with Crippen molar-refractivity contribution in [2.75, 3.05) is 19.5 Å². The summed E-state index contributed by atoms with van der Waals surface area (Å²) in [6.07, 6.45) is 4.07. The van der Waals surface area contributed by atoms with Crippen LogP contribution in [-0.2, 0) is 24.8 Å². The number of rotatable bonds is 8. The molecular formula is C11H18N2O6S. The van der Waals surface area contributed by atoms with Gasteiger partial charge in [0.05, 0.1) is 31.2 Å². The Labute approximate surface area is 117 Å². The molecule has 0 saturated heterocycles. The third-order valence-corrected chi connectivity index (χ3v) is 3.36. The summed E-state index contributed by atoms with van der Waals surface area (Å²) in [5.41, 5.74) is -0.810. The number of carboxylic acid groups (broad SMARTS) is 1. The van der Waals surface area contributed by atoms with Crippen molar-refractivity contribution in [1.82, 2.24) is 9.78 Å². The largest absolute Gasteiger partial charge is 0.478 e. The van der Waals surface area contributed by atoms with E-state index in [0.717, 1.165) is 6.26 Å². The van der Waals surface area contributed by atoms with E-state index in [2.05, 4.69) is 9.28 Å². The molecule has 0 spiro atoms. The standard InChI is InChI=1S/C11H18N2O6S/c1-4-11(2,18-5-6-19-20(3,16)17)13-8-9(7-12-13)10(14)15/h7-8H,4-6H2,1-3H3,(H,14,15). The van der Waals surface area contributed by atoms with Gasteiger partial charge in [-0.1, -0.05) is 6.92 Å². The van der Waals surface area contributed by atoms with Crippen LogP contribution in [0.15, 0.2) is 12.4 Å². The molecule has 9 heteroatoms. The molecule has 0 bridgehead atoms. The van der Waals surface area contributed by atoms with Crippen LogP contribution in [0.2, 0.25) is 0 Å². The van der Waals surface area contributed by atoms with E-state index in [0.29, 0.717) is 6.42 Å². The number of carboxylic acids is 1. The average Bonchev–Trinajstić information content (AvgIpc) is 2.83. The monoisotopic (exact) mass is 306 g/mol. The Morgan fingerprint density at radius 3 is 2.60 bits per heavy atom. The molecule has 0 fully saturated rings. The first-order chi connectivity index (χ1) is 9.18. The minimum Gasteiger partial charge on any atom is -0.478 e. The van der Waals surface area contributed by atoms with Gasteiger partial charge in [0.2, 0.25) is 0 Å². The minimum atomic E-state index is -3.50. The number of aromatic carboxylic acids is 1. The Kier molecular flexibility index (Phi) is 5.26. The predicted octanol–water partition coefficient (Wildman–Crippen LogP) is 0.657. The van der Waals surface area contributed by atoms with Gasteiger partial charge >= 0.3 is 5.97 Å². The van der Waals surface area contributed by atoms with Gasteiger partial charge in [-0.15, -0.1) is 0 Å². The Morgan fingerprint density at radius 2 is 2.15 bits per heavy atom. The van der Waals surface area contributed by atoms with Crippen LogP contribution in [0.4, 0.5) is 0 Å².